The molecule has 1 aromatic carbocycles. The lowest BCUT2D eigenvalue weighted by Crippen LogP contribution is -2.27. The largest absolute Gasteiger partial charge is 0.478 e. The number of carboxylic acid groups (broad SMARTS) is 1. The van der Waals surface area contributed by atoms with Crippen molar-refractivity contribution in [2.75, 3.05) is 19.1 Å². The van der Waals surface area contributed by atoms with Gasteiger partial charge in [-0.15, -0.1) is 0 Å². The summed E-state index contributed by atoms with van der Waals surface area (Å²) in [6, 6.07) is 6.43. The molecule has 0 spiro atoms. The van der Waals surface area contributed by atoms with Crippen molar-refractivity contribution < 1.29 is 9.90 Å². The zero-order chi connectivity index (χ0) is 15.8. The van der Waals surface area contributed by atoms with Crippen LogP contribution in [0.15, 0.2) is 18.2 Å². The van der Waals surface area contributed by atoms with E-state index in [1.165, 1.54) is 0 Å². The molecule has 3 nitrogen and oxygen atoms in total. The molecule has 4 heteroatoms. The van der Waals surface area contributed by atoms with Gasteiger partial charge >= 0.3 is 5.97 Å². The van der Waals surface area contributed by atoms with Gasteiger partial charge in [-0.1, -0.05) is 26.0 Å². The first kappa shape index (κ1) is 18.1. The quantitative estimate of drug-likeness (QED) is 0.729. The lowest BCUT2D eigenvalue weighted by atomic mass is 9.93. The maximum Gasteiger partial charge on any atom is 0.335 e. The van der Waals surface area contributed by atoms with Crippen molar-refractivity contribution in [1.29, 1.82) is 0 Å². The Hall–Kier alpha value is -1.00. The Kier molecular flexibility index (Phi) is 7.83. The Morgan fingerprint density at radius 3 is 2.62 bits per heavy atom. The number of hydrogen-bond acceptors (Lipinski definition) is 3. The summed E-state index contributed by atoms with van der Waals surface area (Å²) < 4.78 is 0. The molecule has 1 aromatic rings. The number of carbonyl (C=O) groups is 1. The minimum Gasteiger partial charge on any atom is -0.478 e. The highest BCUT2D eigenvalue weighted by molar-refractivity contribution is 7.98. The highest BCUT2D eigenvalue weighted by Gasteiger charge is 2.13. The molecule has 0 heterocycles. The Morgan fingerprint density at radius 1 is 1.38 bits per heavy atom. The SMILES string of the molecule is CNC(CCCc1ccc(C(C)C)c(C(=O)O)c1)CSC. The topological polar surface area (TPSA) is 49.3 Å². The maximum absolute atomic E-state index is 11.4. The van der Waals surface area contributed by atoms with Gasteiger partial charge in [-0.2, -0.15) is 11.8 Å². The van der Waals surface area contributed by atoms with E-state index in [4.69, 9.17) is 0 Å². The number of carboxylic acids is 1. The third kappa shape index (κ3) is 5.71. The first-order chi connectivity index (χ1) is 9.99. The molecule has 118 valence electrons. The second kappa shape index (κ2) is 9.11. The van der Waals surface area contributed by atoms with Gasteiger partial charge in [-0.05, 0) is 55.7 Å². The lowest BCUT2D eigenvalue weighted by molar-refractivity contribution is 0.0695. The normalized spacial score (nSPS) is 12.6. The van der Waals surface area contributed by atoms with Crippen molar-refractivity contribution in [1.82, 2.24) is 5.32 Å². The highest BCUT2D eigenvalue weighted by atomic mass is 32.2. The summed E-state index contributed by atoms with van der Waals surface area (Å²) in [6.45, 7) is 4.06. The zero-order valence-corrected chi connectivity index (χ0v) is 14.3. The van der Waals surface area contributed by atoms with E-state index in [1.807, 2.05) is 44.8 Å². The molecule has 0 saturated heterocycles. The Bertz CT molecular complexity index is 460. The Labute approximate surface area is 132 Å². The van der Waals surface area contributed by atoms with E-state index in [9.17, 15) is 9.90 Å². The predicted molar refractivity (Wildman–Crippen MR) is 91.7 cm³/mol. The van der Waals surface area contributed by atoms with Gasteiger partial charge in [-0.3, -0.25) is 0 Å². The molecular weight excluding hydrogens is 282 g/mol. The van der Waals surface area contributed by atoms with Crippen LogP contribution in [0.25, 0.3) is 0 Å². The molecule has 1 rings (SSSR count). The standard InChI is InChI=1S/C17H27NO2S/c1-12(2)15-9-8-13(10-16(15)17(19)20)6-5-7-14(18-3)11-21-4/h8-10,12,14,18H,5-7,11H2,1-4H3,(H,19,20). The zero-order valence-electron chi connectivity index (χ0n) is 13.5. The summed E-state index contributed by atoms with van der Waals surface area (Å²) in [4.78, 5) is 11.4. The maximum atomic E-state index is 11.4. The van der Waals surface area contributed by atoms with E-state index in [0.29, 0.717) is 11.6 Å². The van der Waals surface area contributed by atoms with Crippen LogP contribution < -0.4 is 5.32 Å². The third-order valence-corrected chi connectivity index (χ3v) is 4.50. The molecule has 0 amide bonds. The van der Waals surface area contributed by atoms with E-state index in [1.54, 1.807) is 0 Å². The van der Waals surface area contributed by atoms with Gasteiger partial charge in [0.15, 0.2) is 0 Å². The molecule has 21 heavy (non-hydrogen) atoms. The van der Waals surface area contributed by atoms with Gasteiger partial charge in [0.2, 0.25) is 0 Å². The summed E-state index contributed by atoms with van der Waals surface area (Å²) in [5.41, 5.74) is 2.49. The molecule has 0 radical (unpaired) electrons. The van der Waals surface area contributed by atoms with Crippen LogP contribution in [0.1, 0.15) is 54.1 Å². The summed E-state index contributed by atoms with van der Waals surface area (Å²) >= 11 is 1.85. The first-order valence-corrected chi connectivity index (χ1v) is 8.91. The predicted octanol–water partition coefficient (Wildman–Crippen LogP) is 3.78. The molecule has 1 atom stereocenters. The van der Waals surface area contributed by atoms with Crippen molar-refractivity contribution in [3.63, 3.8) is 0 Å². The minimum absolute atomic E-state index is 0.236. The summed E-state index contributed by atoms with van der Waals surface area (Å²) in [6.07, 6.45) is 5.25. The number of thioether (sulfide) groups is 1. The van der Waals surface area contributed by atoms with Gasteiger partial charge in [0.1, 0.15) is 0 Å². The van der Waals surface area contributed by atoms with Gasteiger partial charge in [0.25, 0.3) is 0 Å². The van der Waals surface area contributed by atoms with Crippen LogP contribution in [0.2, 0.25) is 0 Å². The molecule has 0 aliphatic carbocycles. The molecule has 2 N–H and O–H groups in total. The summed E-state index contributed by atoms with van der Waals surface area (Å²) in [7, 11) is 2.00. The third-order valence-electron chi connectivity index (χ3n) is 3.76. The van der Waals surface area contributed by atoms with E-state index in [0.717, 1.165) is 36.1 Å². The van der Waals surface area contributed by atoms with E-state index < -0.39 is 5.97 Å². The molecule has 0 aliphatic heterocycles. The number of aromatic carboxylic acids is 1. The molecule has 0 aliphatic rings. The van der Waals surface area contributed by atoms with Gasteiger partial charge in [0.05, 0.1) is 5.56 Å². The first-order valence-electron chi connectivity index (χ1n) is 7.51. The number of rotatable bonds is 9. The molecule has 0 aromatic heterocycles. The minimum atomic E-state index is -0.823. The van der Waals surface area contributed by atoms with Crippen LogP contribution in [0.4, 0.5) is 0 Å². The van der Waals surface area contributed by atoms with E-state index in [2.05, 4.69) is 17.6 Å². The van der Waals surface area contributed by atoms with Crippen molar-refractivity contribution in [3.05, 3.63) is 34.9 Å². The average Bonchev–Trinajstić information content (AvgIpc) is 2.45. The molecular formula is C17H27NO2S. The summed E-state index contributed by atoms with van der Waals surface area (Å²) in [5, 5.41) is 12.7. The fraction of sp³-hybridized carbons (Fsp3) is 0.588. The molecule has 0 fully saturated rings. The van der Waals surface area contributed by atoms with E-state index >= 15 is 0 Å². The van der Waals surface area contributed by atoms with Crippen molar-refractivity contribution in [3.8, 4) is 0 Å². The molecule has 1 unspecified atom stereocenters. The fourth-order valence-electron chi connectivity index (χ4n) is 2.51. The van der Waals surface area contributed by atoms with Gasteiger partial charge in [0, 0.05) is 11.8 Å². The monoisotopic (exact) mass is 309 g/mol. The van der Waals surface area contributed by atoms with Crippen LogP contribution >= 0.6 is 11.8 Å². The molecule has 0 bridgehead atoms. The number of aryl methyl sites for hydroxylation is 1. The van der Waals surface area contributed by atoms with Crippen LogP contribution in [0.3, 0.4) is 0 Å². The van der Waals surface area contributed by atoms with Crippen LogP contribution in [0, 0.1) is 0 Å². The Balaban J connectivity index is 2.68. The average molecular weight is 309 g/mol. The second-order valence-electron chi connectivity index (χ2n) is 5.71. The number of benzene rings is 1. The van der Waals surface area contributed by atoms with Crippen molar-refractivity contribution in [2.24, 2.45) is 0 Å². The highest BCUT2D eigenvalue weighted by Crippen LogP contribution is 2.22. The van der Waals surface area contributed by atoms with Crippen LogP contribution in [0.5, 0.6) is 0 Å². The number of nitrogens with one attached hydrogen (secondary N) is 1. The van der Waals surface area contributed by atoms with Crippen LogP contribution in [-0.2, 0) is 6.42 Å². The van der Waals surface area contributed by atoms with Crippen molar-refractivity contribution >= 4 is 17.7 Å². The number of hydrogen-bond donors (Lipinski definition) is 2. The fourth-order valence-corrected chi connectivity index (χ4v) is 3.25. The second-order valence-corrected chi connectivity index (χ2v) is 6.63. The van der Waals surface area contributed by atoms with E-state index in [-0.39, 0.29) is 5.92 Å². The van der Waals surface area contributed by atoms with Gasteiger partial charge in [-0.25, -0.2) is 4.79 Å². The molecule has 0 saturated carbocycles. The van der Waals surface area contributed by atoms with Crippen molar-refractivity contribution in [2.45, 2.75) is 45.1 Å². The Morgan fingerprint density at radius 2 is 2.10 bits per heavy atom. The summed E-state index contributed by atoms with van der Waals surface area (Å²) in [5.74, 6) is 0.528. The smallest absolute Gasteiger partial charge is 0.335 e. The van der Waals surface area contributed by atoms with Gasteiger partial charge < -0.3 is 10.4 Å². The van der Waals surface area contributed by atoms with Crippen LogP contribution in [-0.4, -0.2) is 36.2 Å². The lowest BCUT2D eigenvalue weighted by Gasteiger charge is -2.15.